The molecule has 0 radical (unpaired) electrons. The van der Waals surface area contributed by atoms with Gasteiger partial charge in [0.15, 0.2) is 46.1 Å². The molecule has 16 heteroatoms. The number of phenolic OH excluding ortho intramolecular Hbond substituents is 1. The normalized spacial score (nSPS) is 10.6. The lowest BCUT2D eigenvalue weighted by atomic mass is 10.1. The average molecular weight is 751 g/mol. The first-order chi connectivity index (χ1) is 26.5. The molecule has 55 heavy (non-hydrogen) atoms. The first-order valence-corrected chi connectivity index (χ1v) is 16.1. The van der Waals surface area contributed by atoms with Crippen LogP contribution in [0.1, 0.15) is 5.56 Å². The number of pyridine rings is 2. The zero-order valence-corrected chi connectivity index (χ0v) is 28.8. The highest BCUT2D eigenvalue weighted by atomic mass is 19.1. The number of halogens is 2. The van der Waals surface area contributed by atoms with E-state index in [-0.39, 0.29) is 40.1 Å². The van der Waals surface area contributed by atoms with Gasteiger partial charge in [-0.1, -0.05) is 30.3 Å². The van der Waals surface area contributed by atoms with Crippen molar-refractivity contribution < 1.29 is 47.4 Å². The van der Waals surface area contributed by atoms with Crippen molar-refractivity contribution in [1.82, 2.24) is 9.97 Å². The molecule has 7 rings (SSSR count). The summed E-state index contributed by atoms with van der Waals surface area (Å²) in [6, 6.07) is 25.4. The molecule has 278 valence electrons. The van der Waals surface area contributed by atoms with Crippen LogP contribution in [0.4, 0.5) is 20.2 Å². The maximum absolute atomic E-state index is 14.3. The van der Waals surface area contributed by atoms with Gasteiger partial charge in [-0.2, -0.15) is 0 Å². The van der Waals surface area contributed by atoms with Crippen molar-refractivity contribution in [2.24, 2.45) is 0 Å². The van der Waals surface area contributed by atoms with Crippen LogP contribution in [0.5, 0.6) is 46.0 Å². The van der Waals surface area contributed by atoms with Gasteiger partial charge in [0.2, 0.25) is 0 Å². The molecule has 0 saturated carbocycles. The summed E-state index contributed by atoms with van der Waals surface area (Å²) in [7, 11) is 2.91. The zero-order chi connectivity index (χ0) is 39.1. The van der Waals surface area contributed by atoms with Gasteiger partial charge >= 0.3 is 0 Å². The fraction of sp³-hybridized carbons (Fsp3) is 0.0769. The van der Waals surface area contributed by atoms with Crippen molar-refractivity contribution in [2.45, 2.75) is 6.61 Å². The van der Waals surface area contributed by atoms with E-state index in [1.54, 1.807) is 18.2 Å². The maximum atomic E-state index is 14.3. The lowest BCUT2D eigenvalue weighted by molar-refractivity contribution is -0.385. The number of methoxy groups -OCH3 is 2. The molecule has 2 heterocycles. The smallest absolute Gasteiger partial charge is 0.272 e. The lowest BCUT2D eigenvalue weighted by Crippen LogP contribution is -1.99. The van der Waals surface area contributed by atoms with E-state index in [2.05, 4.69) is 9.97 Å². The Labute approximate surface area is 310 Å². The third-order valence-electron chi connectivity index (χ3n) is 7.92. The number of benzene rings is 5. The first-order valence-electron chi connectivity index (χ1n) is 16.1. The van der Waals surface area contributed by atoms with Crippen LogP contribution >= 0.6 is 0 Å². The molecule has 0 aliphatic carbocycles. The number of hydrogen-bond acceptors (Lipinski definition) is 12. The minimum absolute atomic E-state index is 0.0869. The number of phenols is 1. The largest absolute Gasteiger partial charge is 0.504 e. The molecular formula is C39H28F2N4O10. The van der Waals surface area contributed by atoms with Crippen molar-refractivity contribution in [3.63, 3.8) is 0 Å². The molecule has 0 spiro atoms. The van der Waals surface area contributed by atoms with Crippen LogP contribution in [-0.4, -0.2) is 39.1 Å². The Hall–Kier alpha value is -7.62. The van der Waals surface area contributed by atoms with E-state index in [1.807, 2.05) is 30.3 Å². The van der Waals surface area contributed by atoms with E-state index >= 15 is 0 Å². The highest BCUT2D eigenvalue weighted by Gasteiger charge is 2.17. The number of nitro benzene ring substituents is 2. The van der Waals surface area contributed by atoms with Crippen molar-refractivity contribution in [1.29, 1.82) is 0 Å². The molecule has 14 nitrogen and oxygen atoms in total. The van der Waals surface area contributed by atoms with Crippen molar-refractivity contribution >= 4 is 33.2 Å². The van der Waals surface area contributed by atoms with Gasteiger partial charge in [0.05, 0.1) is 47.2 Å². The Kier molecular flexibility index (Phi) is 11.1. The minimum atomic E-state index is -0.861. The average Bonchev–Trinajstić information content (AvgIpc) is 3.18. The maximum Gasteiger partial charge on any atom is 0.272 e. The predicted octanol–water partition coefficient (Wildman–Crippen LogP) is 9.45. The second-order valence-electron chi connectivity index (χ2n) is 11.4. The molecule has 0 aliphatic rings. The van der Waals surface area contributed by atoms with Gasteiger partial charge in [-0.3, -0.25) is 30.2 Å². The van der Waals surface area contributed by atoms with Crippen molar-refractivity contribution in [3.05, 3.63) is 153 Å². The Morgan fingerprint density at radius 2 is 1.11 bits per heavy atom. The number of aromatic hydroxyl groups is 1. The van der Waals surface area contributed by atoms with Gasteiger partial charge < -0.3 is 28.8 Å². The molecule has 1 N–H and O–H groups in total. The summed E-state index contributed by atoms with van der Waals surface area (Å²) < 4.78 is 55.9. The van der Waals surface area contributed by atoms with Gasteiger partial charge in [-0.25, -0.2) is 8.78 Å². The summed E-state index contributed by atoms with van der Waals surface area (Å²) in [5.74, 6) is -0.316. The topological polar surface area (TPSA) is 178 Å². The number of nitro groups is 2. The third kappa shape index (κ3) is 8.55. The van der Waals surface area contributed by atoms with Crippen molar-refractivity contribution in [2.75, 3.05) is 14.2 Å². The molecule has 2 aromatic heterocycles. The van der Waals surface area contributed by atoms with Gasteiger partial charge in [-0.05, 0) is 42.0 Å². The fourth-order valence-corrected chi connectivity index (χ4v) is 5.22. The van der Waals surface area contributed by atoms with Gasteiger partial charge in [0.25, 0.3) is 11.4 Å². The monoisotopic (exact) mass is 750 g/mol. The SMILES string of the molecule is COc1cc2c(Oc3ccc([N+](=O)[O-])cc3F)ccnc2cc1O.COc1cc2c(Oc3ccc([N+](=O)[O-])cc3F)ccnc2cc1OCc1ccccc1. The fourth-order valence-electron chi connectivity index (χ4n) is 5.22. The summed E-state index contributed by atoms with van der Waals surface area (Å²) >= 11 is 0. The summed E-state index contributed by atoms with van der Waals surface area (Å²) in [6.07, 6.45) is 2.96. The van der Waals surface area contributed by atoms with Crippen LogP contribution < -0.4 is 23.7 Å². The quantitative estimate of drug-likeness (QED) is 0.0979. The Morgan fingerprint density at radius 1 is 0.600 bits per heavy atom. The number of fused-ring (bicyclic) bond motifs is 2. The number of aromatic nitrogens is 2. The second kappa shape index (κ2) is 16.4. The molecule has 0 aliphatic heterocycles. The van der Waals surface area contributed by atoms with Gasteiger partial charge in [0.1, 0.15) is 18.1 Å². The number of nitrogens with zero attached hydrogens (tertiary/aromatic N) is 4. The van der Waals surface area contributed by atoms with E-state index in [0.717, 1.165) is 23.8 Å². The number of non-ortho nitro benzene ring substituents is 2. The van der Waals surface area contributed by atoms with E-state index < -0.39 is 21.5 Å². The number of rotatable bonds is 11. The molecule has 0 fully saturated rings. The van der Waals surface area contributed by atoms with Crippen LogP contribution in [0.25, 0.3) is 21.8 Å². The van der Waals surface area contributed by atoms with Crippen LogP contribution in [0.15, 0.2) is 116 Å². The number of ether oxygens (including phenoxy) is 5. The van der Waals surface area contributed by atoms with Crippen LogP contribution in [-0.2, 0) is 6.61 Å². The summed E-state index contributed by atoms with van der Waals surface area (Å²) in [5.41, 5.74) is 1.26. The molecule has 0 saturated heterocycles. The zero-order valence-electron chi connectivity index (χ0n) is 28.8. The molecule has 7 aromatic rings. The second-order valence-corrected chi connectivity index (χ2v) is 11.4. The van der Waals surface area contributed by atoms with Crippen LogP contribution in [0.3, 0.4) is 0 Å². The van der Waals surface area contributed by atoms with Gasteiger partial charge in [-0.15, -0.1) is 0 Å². The lowest BCUT2D eigenvalue weighted by Gasteiger charge is -2.14. The number of hydrogen-bond donors (Lipinski definition) is 1. The highest BCUT2D eigenvalue weighted by molar-refractivity contribution is 5.89. The van der Waals surface area contributed by atoms with E-state index in [1.165, 1.54) is 63.0 Å². The van der Waals surface area contributed by atoms with Crippen molar-refractivity contribution in [3.8, 4) is 46.0 Å². The Bertz CT molecular complexity index is 2540. The van der Waals surface area contributed by atoms with Crippen LogP contribution in [0.2, 0.25) is 0 Å². The molecule has 0 amide bonds. The Balaban J connectivity index is 0.000000193. The van der Waals surface area contributed by atoms with Crippen LogP contribution in [0, 0.1) is 31.9 Å². The molecule has 5 aromatic carbocycles. The summed E-state index contributed by atoms with van der Waals surface area (Å²) in [4.78, 5) is 28.5. The molecule has 0 atom stereocenters. The predicted molar refractivity (Wildman–Crippen MR) is 195 cm³/mol. The molecule has 0 bridgehead atoms. The molecule has 0 unspecified atom stereocenters. The minimum Gasteiger partial charge on any atom is -0.504 e. The molecular weight excluding hydrogens is 722 g/mol. The highest BCUT2D eigenvalue weighted by Crippen LogP contribution is 2.39. The van der Waals surface area contributed by atoms with E-state index in [9.17, 15) is 34.1 Å². The Morgan fingerprint density at radius 3 is 1.60 bits per heavy atom. The summed E-state index contributed by atoms with van der Waals surface area (Å²) in [6.45, 7) is 0.354. The van der Waals surface area contributed by atoms with Gasteiger partial charge in [0, 0.05) is 47.4 Å². The van der Waals surface area contributed by atoms with E-state index in [4.69, 9.17) is 23.7 Å². The van der Waals surface area contributed by atoms with E-state index in [0.29, 0.717) is 45.7 Å². The first kappa shape index (κ1) is 37.1. The summed E-state index contributed by atoms with van der Waals surface area (Å²) in [5, 5.41) is 32.3. The third-order valence-corrected chi connectivity index (χ3v) is 7.92. The standard InChI is InChI=1S/C23H17FN2O5.C16H11FN2O5/c1-29-22-12-17-19(13-23(22)30-14-15-5-3-2-4-6-15)25-10-9-20(17)31-21-8-7-16(26(27)28)11-18(21)24;1-23-16-7-10-12(8-13(16)20)18-5-4-14(10)24-15-3-2-9(19(21)22)6-11(15)17/h2-13H,14H2,1H3;2-8,20H,1H3.